The Balaban J connectivity index is 1.92. The molecule has 0 N–H and O–H groups in total. The van der Waals surface area contributed by atoms with E-state index in [1.165, 1.54) is 19.4 Å². The molecule has 0 aromatic carbocycles. The van der Waals surface area contributed by atoms with Crippen molar-refractivity contribution in [2.24, 2.45) is 0 Å². The number of likely N-dealkylation sites (N-methyl/N-ethyl adjacent to an activating group) is 1. The topological polar surface area (TPSA) is 60.5 Å². The van der Waals surface area contributed by atoms with Gasteiger partial charge in [0.2, 0.25) is 11.2 Å². The van der Waals surface area contributed by atoms with Crippen LogP contribution < -0.4 is 10.2 Å². The van der Waals surface area contributed by atoms with Crippen molar-refractivity contribution in [3.8, 4) is 5.75 Å². The molecule has 0 aliphatic heterocycles. The fraction of sp³-hybridized carbons (Fsp3) is 0.467. The van der Waals surface area contributed by atoms with E-state index < -0.39 is 0 Å². The summed E-state index contributed by atoms with van der Waals surface area (Å²) in [6.45, 7) is 6.22. The Bertz CT molecular complexity index is 660. The van der Waals surface area contributed by atoms with Gasteiger partial charge in [-0.05, 0) is 27.0 Å². The molecule has 0 fully saturated rings. The fourth-order valence-electron chi connectivity index (χ4n) is 2.18. The monoisotopic (exact) mass is 291 g/mol. The van der Waals surface area contributed by atoms with Gasteiger partial charge in [0.05, 0.1) is 25.9 Å². The van der Waals surface area contributed by atoms with Crippen LogP contribution in [0, 0.1) is 13.8 Å². The van der Waals surface area contributed by atoms with E-state index in [0.29, 0.717) is 12.3 Å². The summed E-state index contributed by atoms with van der Waals surface area (Å²) in [6, 6.07) is 3.53. The maximum atomic E-state index is 11.7. The molecule has 2 heterocycles. The molecule has 0 saturated carbocycles. The summed E-state index contributed by atoms with van der Waals surface area (Å²) in [5.74, 6) is 0.848. The third kappa shape index (κ3) is 3.95. The average Bonchev–Trinajstić information content (AvgIpc) is 2.75. The first-order valence-electron chi connectivity index (χ1n) is 6.85. The predicted molar refractivity (Wildman–Crippen MR) is 79.6 cm³/mol. The van der Waals surface area contributed by atoms with E-state index >= 15 is 0 Å². The van der Waals surface area contributed by atoms with Gasteiger partial charge in [-0.25, -0.2) is 0 Å². The second-order valence-corrected chi connectivity index (χ2v) is 5.17. The normalized spacial score (nSPS) is 11.1. The van der Waals surface area contributed by atoms with E-state index in [9.17, 15) is 4.79 Å². The van der Waals surface area contributed by atoms with Crippen LogP contribution in [0.4, 0.5) is 0 Å². The second kappa shape index (κ2) is 6.58. The number of hydrogen-bond donors (Lipinski definition) is 0. The zero-order valence-corrected chi connectivity index (χ0v) is 12.9. The van der Waals surface area contributed by atoms with E-state index in [1.807, 2.05) is 25.6 Å². The van der Waals surface area contributed by atoms with Crippen LogP contribution in [0.25, 0.3) is 0 Å². The van der Waals surface area contributed by atoms with Gasteiger partial charge < -0.3 is 9.15 Å². The molecule has 0 radical (unpaired) electrons. The van der Waals surface area contributed by atoms with Gasteiger partial charge in [0.15, 0.2) is 0 Å². The van der Waals surface area contributed by atoms with Crippen LogP contribution in [0.5, 0.6) is 5.75 Å². The van der Waals surface area contributed by atoms with Crippen LogP contribution in [0.2, 0.25) is 0 Å². The first kappa shape index (κ1) is 15.3. The third-order valence-corrected chi connectivity index (χ3v) is 3.29. The average molecular weight is 291 g/mol. The van der Waals surface area contributed by atoms with Crippen molar-refractivity contribution in [1.82, 2.24) is 14.7 Å². The van der Waals surface area contributed by atoms with Crippen molar-refractivity contribution in [2.75, 3.05) is 20.7 Å². The van der Waals surface area contributed by atoms with Gasteiger partial charge in [0, 0.05) is 18.3 Å². The summed E-state index contributed by atoms with van der Waals surface area (Å²) in [6.07, 6.45) is 1.35. The van der Waals surface area contributed by atoms with Gasteiger partial charge in [0.25, 0.3) is 0 Å². The van der Waals surface area contributed by atoms with Crippen LogP contribution in [0.1, 0.15) is 17.1 Å². The molecule has 114 valence electrons. The molecular weight excluding hydrogens is 270 g/mol. The summed E-state index contributed by atoms with van der Waals surface area (Å²) < 4.78 is 12.3. The molecule has 2 aromatic heterocycles. The predicted octanol–water partition coefficient (Wildman–Crippen LogP) is 1.59. The molecule has 21 heavy (non-hydrogen) atoms. The largest absolute Gasteiger partial charge is 0.490 e. The van der Waals surface area contributed by atoms with Gasteiger partial charge in [-0.3, -0.25) is 14.4 Å². The molecule has 2 rings (SSSR count). The minimum atomic E-state index is -0.161. The smallest absolute Gasteiger partial charge is 0.227 e. The third-order valence-electron chi connectivity index (χ3n) is 3.29. The lowest BCUT2D eigenvalue weighted by Gasteiger charge is -2.16. The number of hydrogen-bond acceptors (Lipinski definition) is 5. The Morgan fingerprint density at radius 1 is 1.38 bits per heavy atom. The Morgan fingerprint density at radius 2 is 2.14 bits per heavy atom. The molecule has 0 aliphatic carbocycles. The van der Waals surface area contributed by atoms with Gasteiger partial charge in [0.1, 0.15) is 12.0 Å². The zero-order valence-electron chi connectivity index (χ0n) is 12.9. The van der Waals surface area contributed by atoms with E-state index in [1.54, 1.807) is 0 Å². The molecule has 0 aliphatic rings. The zero-order chi connectivity index (χ0) is 15.4. The van der Waals surface area contributed by atoms with Crippen molar-refractivity contribution in [3.63, 3.8) is 0 Å². The lowest BCUT2D eigenvalue weighted by Crippen LogP contribution is -2.24. The first-order chi connectivity index (χ1) is 9.99. The molecule has 6 heteroatoms. The standard InChI is InChI=1S/C15H21N3O3/c1-11-7-12(2)18(16-11)6-5-17(3)9-13-8-14(19)15(20-4)10-21-13/h7-8,10H,5-6,9H2,1-4H3. The summed E-state index contributed by atoms with van der Waals surface area (Å²) >= 11 is 0. The van der Waals surface area contributed by atoms with Crippen LogP contribution >= 0.6 is 0 Å². The van der Waals surface area contributed by atoms with Crippen LogP contribution in [-0.2, 0) is 13.1 Å². The van der Waals surface area contributed by atoms with E-state index in [4.69, 9.17) is 9.15 Å². The molecule has 0 saturated heterocycles. The Kier molecular flexibility index (Phi) is 4.80. The van der Waals surface area contributed by atoms with Crippen molar-refractivity contribution >= 4 is 0 Å². The van der Waals surface area contributed by atoms with E-state index in [2.05, 4.69) is 16.1 Å². The highest BCUT2D eigenvalue weighted by molar-refractivity contribution is 5.17. The minimum Gasteiger partial charge on any atom is -0.490 e. The highest BCUT2D eigenvalue weighted by Gasteiger charge is 2.08. The SMILES string of the molecule is COc1coc(CN(C)CCn2nc(C)cc2C)cc1=O. The van der Waals surface area contributed by atoms with Gasteiger partial charge >= 0.3 is 0 Å². The maximum absolute atomic E-state index is 11.7. The first-order valence-corrected chi connectivity index (χ1v) is 6.85. The van der Waals surface area contributed by atoms with Crippen molar-refractivity contribution in [2.45, 2.75) is 26.9 Å². The summed E-state index contributed by atoms with van der Waals surface area (Å²) in [4.78, 5) is 13.7. The number of nitrogens with zero attached hydrogens (tertiary/aromatic N) is 3. The number of ether oxygens (including phenoxy) is 1. The van der Waals surface area contributed by atoms with Crippen LogP contribution in [0.3, 0.4) is 0 Å². The molecule has 0 unspecified atom stereocenters. The maximum Gasteiger partial charge on any atom is 0.227 e. The molecule has 0 atom stereocenters. The van der Waals surface area contributed by atoms with Gasteiger partial charge in [-0.15, -0.1) is 0 Å². The summed E-state index contributed by atoms with van der Waals surface area (Å²) in [5, 5.41) is 4.43. The molecule has 6 nitrogen and oxygen atoms in total. The Hall–Kier alpha value is -2.08. The number of aromatic nitrogens is 2. The summed E-state index contributed by atoms with van der Waals surface area (Å²) in [5.41, 5.74) is 2.01. The summed E-state index contributed by atoms with van der Waals surface area (Å²) in [7, 11) is 3.43. The molecule has 2 aromatic rings. The molecular formula is C15H21N3O3. The van der Waals surface area contributed by atoms with E-state index in [-0.39, 0.29) is 11.2 Å². The van der Waals surface area contributed by atoms with Gasteiger partial charge in [-0.2, -0.15) is 5.10 Å². The lowest BCUT2D eigenvalue weighted by atomic mass is 10.3. The van der Waals surface area contributed by atoms with Crippen molar-refractivity contribution in [1.29, 1.82) is 0 Å². The van der Waals surface area contributed by atoms with Gasteiger partial charge in [-0.1, -0.05) is 0 Å². The number of methoxy groups -OCH3 is 1. The van der Waals surface area contributed by atoms with E-state index in [0.717, 1.165) is 24.5 Å². The molecule has 0 amide bonds. The van der Waals surface area contributed by atoms with Crippen LogP contribution in [0.15, 0.2) is 27.6 Å². The number of rotatable bonds is 6. The highest BCUT2D eigenvalue weighted by Crippen LogP contribution is 2.07. The molecule has 0 bridgehead atoms. The lowest BCUT2D eigenvalue weighted by molar-refractivity contribution is 0.271. The minimum absolute atomic E-state index is 0.161. The number of aryl methyl sites for hydroxylation is 2. The van der Waals surface area contributed by atoms with Crippen molar-refractivity contribution in [3.05, 3.63) is 45.8 Å². The Morgan fingerprint density at radius 3 is 2.71 bits per heavy atom. The Labute approximate surface area is 123 Å². The highest BCUT2D eigenvalue weighted by atomic mass is 16.5. The quantitative estimate of drug-likeness (QED) is 0.809. The second-order valence-electron chi connectivity index (χ2n) is 5.17. The van der Waals surface area contributed by atoms with Crippen molar-refractivity contribution < 1.29 is 9.15 Å². The molecule has 0 spiro atoms. The fourth-order valence-corrected chi connectivity index (χ4v) is 2.18. The van der Waals surface area contributed by atoms with Crippen LogP contribution in [-0.4, -0.2) is 35.4 Å².